The summed E-state index contributed by atoms with van der Waals surface area (Å²) in [6.45, 7) is 8.37. The molecule has 0 aliphatic carbocycles. The number of benzene rings is 1. The van der Waals surface area contributed by atoms with E-state index in [9.17, 15) is 0 Å². The Morgan fingerprint density at radius 1 is 1.24 bits per heavy atom. The second kappa shape index (κ2) is 6.77. The number of aryl methyl sites for hydroxylation is 1. The molecule has 0 saturated heterocycles. The predicted molar refractivity (Wildman–Crippen MR) is 75.1 cm³/mol. The molecule has 1 aromatic carbocycles. The van der Waals surface area contributed by atoms with Crippen molar-refractivity contribution in [1.82, 2.24) is 5.32 Å². The summed E-state index contributed by atoms with van der Waals surface area (Å²) in [4.78, 5) is 0. The summed E-state index contributed by atoms with van der Waals surface area (Å²) < 4.78 is 0. The molecule has 0 aromatic heterocycles. The Morgan fingerprint density at radius 2 is 1.88 bits per heavy atom. The van der Waals surface area contributed by atoms with Crippen LogP contribution in [0, 0.1) is 5.92 Å². The van der Waals surface area contributed by atoms with Crippen molar-refractivity contribution in [2.24, 2.45) is 11.7 Å². The highest BCUT2D eigenvalue weighted by Gasteiger charge is 2.25. The third-order valence-electron chi connectivity index (χ3n) is 3.71. The highest BCUT2D eigenvalue weighted by molar-refractivity contribution is 5.14. The lowest BCUT2D eigenvalue weighted by Crippen LogP contribution is -2.53. The molecule has 2 nitrogen and oxygen atoms in total. The quantitative estimate of drug-likeness (QED) is 0.712. The third kappa shape index (κ3) is 4.49. The number of nitrogens with two attached hydrogens (primary N) is 1. The molecule has 0 radical (unpaired) electrons. The van der Waals surface area contributed by atoms with Crippen LogP contribution in [-0.4, -0.2) is 18.6 Å². The lowest BCUT2D eigenvalue weighted by molar-refractivity contribution is 0.269. The van der Waals surface area contributed by atoms with Crippen molar-refractivity contribution in [2.45, 2.75) is 39.2 Å². The molecule has 1 rings (SSSR count). The molecule has 0 spiro atoms. The van der Waals surface area contributed by atoms with Gasteiger partial charge in [0.25, 0.3) is 0 Å². The molecule has 2 heteroatoms. The van der Waals surface area contributed by atoms with Crippen LogP contribution in [-0.2, 0) is 6.42 Å². The fourth-order valence-corrected chi connectivity index (χ4v) is 1.82. The van der Waals surface area contributed by atoms with Gasteiger partial charge in [0.1, 0.15) is 0 Å². The minimum Gasteiger partial charge on any atom is -0.329 e. The van der Waals surface area contributed by atoms with Crippen LogP contribution in [0.2, 0.25) is 0 Å². The molecule has 17 heavy (non-hydrogen) atoms. The van der Waals surface area contributed by atoms with Crippen LogP contribution in [0.5, 0.6) is 0 Å². The second-order valence-corrected chi connectivity index (χ2v) is 5.29. The van der Waals surface area contributed by atoms with Crippen LogP contribution in [0.1, 0.15) is 32.8 Å². The molecular weight excluding hydrogens is 208 g/mol. The van der Waals surface area contributed by atoms with Crippen LogP contribution >= 0.6 is 0 Å². The van der Waals surface area contributed by atoms with Crippen molar-refractivity contribution in [1.29, 1.82) is 0 Å². The molecule has 96 valence electrons. The summed E-state index contributed by atoms with van der Waals surface area (Å²) in [5.41, 5.74) is 7.32. The molecule has 0 amide bonds. The number of nitrogens with one attached hydrogen (secondary N) is 1. The molecule has 0 fully saturated rings. The van der Waals surface area contributed by atoms with Crippen molar-refractivity contribution in [3.8, 4) is 0 Å². The maximum atomic E-state index is 5.84. The van der Waals surface area contributed by atoms with E-state index in [1.807, 2.05) is 0 Å². The highest BCUT2D eigenvalue weighted by atomic mass is 15.0. The van der Waals surface area contributed by atoms with Gasteiger partial charge in [-0.3, -0.25) is 0 Å². The minimum atomic E-state index is 0.0662. The van der Waals surface area contributed by atoms with Crippen molar-refractivity contribution in [3.05, 3.63) is 35.9 Å². The Labute approximate surface area is 106 Å². The van der Waals surface area contributed by atoms with E-state index < -0.39 is 0 Å². The van der Waals surface area contributed by atoms with E-state index >= 15 is 0 Å². The molecule has 0 aliphatic heterocycles. The molecule has 0 heterocycles. The topological polar surface area (TPSA) is 38.0 Å². The van der Waals surface area contributed by atoms with E-state index in [0.29, 0.717) is 12.5 Å². The van der Waals surface area contributed by atoms with E-state index in [1.54, 1.807) is 0 Å². The average Bonchev–Trinajstić information content (AvgIpc) is 2.35. The van der Waals surface area contributed by atoms with Crippen molar-refractivity contribution in [3.63, 3.8) is 0 Å². The Kier molecular flexibility index (Phi) is 5.66. The maximum absolute atomic E-state index is 5.84. The molecule has 1 atom stereocenters. The minimum absolute atomic E-state index is 0.0662. The molecular formula is C15H26N2. The van der Waals surface area contributed by atoms with Crippen LogP contribution in [0.15, 0.2) is 30.3 Å². The van der Waals surface area contributed by atoms with E-state index in [-0.39, 0.29) is 5.54 Å². The summed E-state index contributed by atoms with van der Waals surface area (Å²) in [6.07, 6.45) is 2.29. The van der Waals surface area contributed by atoms with Crippen LogP contribution in [0.4, 0.5) is 0 Å². The molecule has 0 aliphatic rings. The fraction of sp³-hybridized carbons (Fsp3) is 0.600. The van der Waals surface area contributed by atoms with Crippen LogP contribution in [0.25, 0.3) is 0 Å². The summed E-state index contributed by atoms with van der Waals surface area (Å²) in [5.74, 6) is 0.559. The standard InChI is InChI=1S/C15H26N2/c1-13(2)15(3,12-16)17-11-7-10-14-8-5-4-6-9-14/h4-6,8-9,13,17H,7,10-12,16H2,1-3H3. The zero-order valence-corrected chi connectivity index (χ0v) is 11.4. The van der Waals surface area contributed by atoms with E-state index in [4.69, 9.17) is 5.73 Å². The van der Waals surface area contributed by atoms with Crippen molar-refractivity contribution in [2.75, 3.05) is 13.1 Å². The van der Waals surface area contributed by atoms with E-state index in [0.717, 1.165) is 19.4 Å². The molecule has 1 aromatic rings. The van der Waals surface area contributed by atoms with Gasteiger partial charge in [-0.25, -0.2) is 0 Å². The Hall–Kier alpha value is -0.860. The molecule has 0 bridgehead atoms. The number of hydrogen-bond donors (Lipinski definition) is 2. The molecule has 1 unspecified atom stereocenters. The van der Waals surface area contributed by atoms with Crippen molar-refractivity contribution < 1.29 is 0 Å². The fourth-order valence-electron chi connectivity index (χ4n) is 1.82. The van der Waals surface area contributed by atoms with E-state index in [1.165, 1.54) is 5.56 Å². The maximum Gasteiger partial charge on any atom is 0.0298 e. The first-order valence-electron chi connectivity index (χ1n) is 6.57. The SMILES string of the molecule is CC(C)C(C)(CN)NCCCc1ccccc1. The first-order valence-corrected chi connectivity index (χ1v) is 6.57. The lowest BCUT2D eigenvalue weighted by atomic mass is 9.88. The lowest BCUT2D eigenvalue weighted by Gasteiger charge is -2.33. The monoisotopic (exact) mass is 234 g/mol. The van der Waals surface area contributed by atoms with Gasteiger partial charge in [-0.15, -0.1) is 0 Å². The second-order valence-electron chi connectivity index (χ2n) is 5.29. The summed E-state index contributed by atoms with van der Waals surface area (Å²) >= 11 is 0. The van der Waals surface area contributed by atoms with Gasteiger partial charge in [-0.05, 0) is 37.8 Å². The van der Waals surface area contributed by atoms with Crippen LogP contribution < -0.4 is 11.1 Å². The zero-order chi connectivity index (χ0) is 12.7. The normalized spacial score (nSPS) is 14.9. The van der Waals surface area contributed by atoms with Gasteiger partial charge in [0, 0.05) is 12.1 Å². The molecule has 3 N–H and O–H groups in total. The van der Waals surface area contributed by atoms with Gasteiger partial charge in [0.05, 0.1) is 0 Å². The highest BCUT2D eigenvalue weighted by Crippen LogP contribution is 2.14. The van der Waals surface area contributed by atoms with Gasteiger partial charge in [0.15, 0.2) is 0 Å². The van der Waals surface area contributed by atoms with Crippen LogP contribution in [0.3, 0.4) is 0 Å². The van der Waals surface area contributed by atoms with E-state index in [2.05, 4.69) is 56.4 Å². The van der Waals surface area contributed by atoms with Crippen molar-refractivity contribution >= 4 is 0 Å². The van der Waals surface area contributed by atoms with Gasteiger partial charge >= 0.3 is 0 Å². The first-order chi connectivity index (χ1) is 8.08. The summed E-state index contributed by atoms with van der Waals surface area (Å²) in [7, 11) is 0. The summed E-state index contributed by atoms with van der Waals surface area (Å²) in [5, 5.41) is 3.59. The Bertz CT molecular complexity index is 308. The Balaban J connectivity index is 2.28. The molecule has 0 saturated carbocycles. The van der Waals surface area contributed by atoms with Gasteiger partial charge in [-0.2, -0.15) is 0 Å². The Morgan fingerprint density at radius 3 is 2.41 bits per heavy atom. The first kappa shape index (κ1) is 14.2. The number of hydrogen-bond acceptors (Lipinski definition) is 2. The number of rotatable bonds is 7. The third-order valence-corrected chi connectivity index (χ3v) is 3.71. The largest absolute Gasteiger partial charge is 0.329 e. The predicted octanol–water partition coefficient (Wildman–Crippen LogP) is 2.58. The van der Waals surface area contributed by atoms with Gasteiger partial charge in [0.2, 0.25) is 0 Å². The average molecular weight is 234 g/mol. The smallest absolute Gasteiger partial charge is 0.0298 e. The van der Waals surface area contributed by atoms with Gasteiger partial charge in [-0.1, -0.05) is 44.2 Å². The van der Waals surface area contributed by atoms with Gasteiger partial charge < -0.3 is 11.1 Å². The zero-order valence-electron chi connectivity index (χ0n) is 11.4. The summed E-state index contributed by atoms with van der Waals surface area (Å²) in [6, 6.07) is 10.6.